The Kier molecular flexibility index (Phi) is 2.41. The van der Waals surface area contributed by atoms with Gasteiger partial charge >= 0.3 is 0 Å². The molecule has 2 aromatic heterocycles. The largest absolute Gasteiger partial charge is 0.419 e. The summed E-state index contributed by atoms with van der Waals surface area (Å²) in [5, 5.41) is 7.32. The molecule has 0 aromatic carbocycles. The van der Waals surface area contributed by atoms with E-state index < -0.39 is 0 Å². The predicted molar refractivity (Wildman–Crippen MR) is 49.6 cm³/mol. The number of halogens is 1. The number of aromatic nitrogens is 4. The first-order valence-electron chi connectivity index (χ1n) is 4.00. The van der Waals surface area contributed by atoms with E-state index >= 15 is 0 Å². The first-order valence-corrected chi connectivity index (χ1v) is 4.44. The first-order chi connectivity index (χ1) is 6.77. The average molecular weight is 211 g/mol. The lowest BCUT2D eigenvalue weighted by atomic mass is 10.3. The van der Waals surface area contributed by atoms with E-state index in [0.29, 0.717) is 17.3 Å². The fraction of sp³-hybridized carbons (Fsp3) is 0.250. The Morgan fingerprint density at radius 1 is 1.29 bits per heavy atom. The Morgan fingerprint density at radius 2 is 2.00 bits per heavy atom. The van der Waals surface area contributed by atoms with Gasteiger partial charge in [-0.05, 0) is 6.92 Å². The zero-order chi connectivity index (χ0) is 9.97. The van der Waals surface area contributed by atoms with Crippen molar-refractivity contribution in [3.05, 3.63) is 24.6 Å². The molecular weight excluding hydrogens is 204 g/mol. The minimum Gasteiger partial charge on any atom is -0.419 e. The van der Waals surface area contributed by atoms with E-state index in [4.69, 9.17) is 16.0 Å². The molecule has 14 heavy (non-hydrogen) atoms. The highest BCUT2D eigenvalue weighted by atomic mass is 35.5. The van der Waals surface area contributed by atoms with Crippen molar-refractivity contribution in [3.63, 3.8) is 0 Å². The standard InChI is InChI=1S/C8H7ClN4O/c1-5(9)7-12-13-8(14-7)6-2-10-4-11-3-6/h2-5H,1H3. The van der Waals surface area contributed by atoms with E-state index in [2.05, 4.69) is 20.2 Å². The SMILES string of the molecule is CC(Cl)c1nnc(-c2cncnc2)o1. The maximum atomic E-state index is 5.78. The van der Waals surface area contributed by atoms with Crippen molar-refractivity contribution in [2.24, 2.45) is 0 Å². The van der Waals surface area contributed by atoms with Crippen LogP contribution >= 0.6 is 11.6 Å². The Bertz CT molecular complexity index is 414. The molecule has 0 bridgehead atoms. The number of hydrogen-bond donors (Lipinski definition) is 0. The minimum absolute atomic E-state index is 0.291. The monoisotopic (exact) mass is 210 g/mol. The van der Waals surface area contributed by atoms with Gasteiger partial charge in [0.25, 0.3) is 5.89 Å². The second-order valence-corrected chi connectivity index (χ2v) is 3.34. The molecular formula is C8H7ClN4O. The van der Waals surface area contributed by atoms with Crippen molar-refractivity contribution in [3.8, 4) is 11.5 Å². The molecule has 1 atom stereocenters. The quantitative estimate of drug-likeness (QED) is 0.708. The third-order valence-electron chi connectivity index (χ3n) is 1.59. The maximum absolute atomic E-state index is 5.78. The van der Waals surface area contributed by atoms with E-state index in [1.165, 1.54) is 6.33 Å². The minimum atomic E-state index is -0.291. The van der Waals surface area contributed by atoms with Gasteiger partial charge in [0, 0.05) is 12.4 Å². The zero-order valence-corrected chi connectivity index (χ0v) is 8.14. The summed E-state index contributed by atoms with van der Waals surface area (Å²) in [7, 11) is 0. The second-order valence-electron chi connectivity index (χ2n) is 2.69. The summed E-state index contributed by atoms with van der Waals surface area (Å²) < 4.78 is 5.30. The molecule has 2 aromatic rings. The van der Waals surface area contributed by atoms with Gasteiger partial charge in [0.1, 0.15) is 11.7 Å². The summed E-state index contributed by atoms with van der Waals surface area (Å²) >= 11 is 5.78. The topological polar surface area (TPSA) is 64.7 Å². The molecule has 0 aliphatic rings. The maximum Gasteiger partial charge on any atom is 0.250 e. The van der Waals surface area contributed by atoms with Gasteiger partial charge in [0.05, 0.1) is 5.56 Å². The summed E-state index contributed by atoms with van der Waals surface area (Å²) in [6, 6.07) is 0. The lowest BCUT2D eigenvalue weighted by molar-refractivity contribution is 0.507. The van der Waals surface area contributed by atoms with Crippen molar-refractivity contribution >= 4 is 11.6 Å². The fourth-order valence-corrected chi connectivity index (χ4v) is 1.01. The molecule has 0 amide bonds. The van der Waals surface area contributed by atoms with Gasteiger partial charge in [-0.25, -0.2) is 9.97 Å². The Labute approximate surface area is 85.2 Å². The van der Waals surface area contributed by atoms with Crippen LogP contribution in [0.5, 0.6) is 0 Å². The molecule has 2 heterocycles. The van der Waals surface area contributed by atoms with Crippen LogP contribution in [0.2, 0.25) is 0 Å². The highest BCUT2D eigenvalue weighted by molar-refractivity contribution is 6.20. The second kappa shape index (κ2) is 3.71. The fourth-order valence-electron chi connectivity index (χ4n) is 0.922. The Morgan fingerprint density at radius 3 is 2.57 bits per heavy atom. The zero-order valence-electron chi connectivity index (χ0n) is 7.38. The molecule has 0 aliphatic carbocycles. The van der Waals surface area contributed by atoms with Crippen molar-refractivity contribution in [2.75, 3.05) is 0 Å². The van der Waals surface area contributed by atoms with E-state index in [9.17, 15) is 0 Å². The van der Waals surface area contributed by atoms with Crippen LogP contribution in [0, 0.1) is 0 Å². The highest BCUT2D eigenvalue weighted by Crippen LogP contribution is 2.22. The molecule has 0 fully saturated rings. The van der Waals surface area contributed by atoms with Crippen LogP contribution in [0.15, 0.2) is 23.1 Å². The van der Waals surface area contributed by atoms with E-state index in [0.717, 1.165) is 0 Å². The molecule has 0 aliphatic heterocycles. The normalized spacial score (nSPS) is 12.7. The molecule has 5 nitrogen and oxygen atoms in total. The molecule has 1 unspecified atom stereocenters. The molecule has 0 N–H and O–H groups in total. The van der Waals surface area contributed by atoms with Crippen LogP contribution in [0.4, 0.5) is 0 Å². The molecule has 2 rings (SSSR count). The van der Waals surface area contributed by atoms with Crippen LogP contribution in [-0.2, 0) is 0 Å². The number of nitrogens with zero attached hydrogens (tertiary/aromatic N) is 4. The third-order valence-corrected chi connectivity index (χ3v) is 1.78. The Hall–Kier alpha value is -1.49. The van der Waals surface area contributed by atoms with Crippen LogP contribution < -0.4 is 0 Å². The summed E-state index contributed by atoms with van der Waals surface area (Å²) in [5.74, 6) is 0.776. The smallest absolute Gasteiger partial charge is 0.250 e. The molecule has 0 saturated heterocycles. The van der Waals surface area contributed by atoms with Gasteiger partial charge < -0.3 is 4.42 Å². The van der Waals surface area contributed by atoms with Gasteiger partial charge in [0.15, 0.2) is 0 Å². The van der Waals surface area contributed by atoms with Crippen LogP contribution in [0.25, 0.3) is 11.5 Å². The van der Waals surface area contributed by atoms with Crippen LogP contribution in [0.3, 0.4) is 0 Å². The van der Waals surface area contributed by atoms with E-state index in [1.54, 1.807) is 19.3 Å². The summed E-state index contributed by atoms with van der Waals surface area (Å²) in [6.07, 6.45) is 4.64. The van der Waals surface area contributed by atoms with Crippen molar-refractivity contribution in [2.45, 2.75) is 12.3 Å². The predicted octanol–water partition coefficient (Wildman–Crippen LogP) is 1.83. The summed E-state index contributed by atoms with van der Waals surface area (Å²) in [6.45, 7) is 1.76. The van der Waals surface area contributed by atoms with Gasteiger partial charge in [-0.1, -0.05) is 0 Å². The number of hydrogen-bond acceptors (Lipinski definition) is 5. The molecule has 0 spiro atoms. The molecule has 72 valence electrons. The van der Waals surface area contributed by atoms with Crippen molar-refractivity contribution < 1.29 is 4.42 Å². The summed E-state index contributed by atoms with van der Waals surface area (Å²) in [4.78, 5) is 7.69. The van der Waals surface area contributed by atoms with Gasteiger partial charge in [0.2, 0.25) is 5.89 Å². The van der Waals surface area contributed by atoms with Crippen molar-refractivity contribution in [1.29, 1.82) is 0 Å². The Balaban J connectivity index is 2.34. The molecule has 0 saturated carbocycles. The average Bonchev–Trinajstić information content (AvgIpc) is 2.68. The van der Waals surface area contributed by atoms with Crippen LogP contribution in [0.1, 0.15) is 18.2 Å². The first kappa shape index (κ1) is 9.08. The number of rotatable bonds is 2. The van der Waals surface area contributed by atoms with Crippen LogP contribution in [-0.4, -0.2) is 20.2 Å². The van der Waals surface area contributed by atoms with Gasteiger partial charge in [-0.3, -0.25) is 0 Å². The third kappa shape index (κ3) is 1.72. The number of alkyl halides is 1. The molecule has 6 heteroatoms. The van der Waals surface area contributed by atoms with Gasteiger partial charge in [-0.15, -0.1) is 21.8 Å². The highest BCUT2D eigenvalue weighted by Gasteiger charge is 2.12. The summed E-state index contributed by atoms with van der Waals surface area (Å²) in [5.41, 5.74) is 0.684. The molecule has 0 radical (unpaired) electrons. The lowest BCUT2D eigenvalue weighted by Crippen LogP contribution is -1.82. The van der Waals surface area contributed by atoms with E-state index in [-0.39, 0.29) is 5.38 Å². The van der Waals surface area contributed by atoms with Gasteiger partial charge in [-0.2, -0.15) is 0 Å². The van der Waals surface area contributed by atoms with Crippen molar-refractivity contribution in [1.82, 2.24) is 20.2 Å². The lowest BCUT2D eigenvalue weighted by Gasteiger charge is -1.92. The van der Waals surface area contributed by atoms with E-state index in [1.807, 2.05) is 0 Å².